The summed E-state index contributed by atoms with van der Waals surface area (Å²) in [6.45, 7) is 0.373. The molecule has 1 unspecified atom stereocenters. The number of aldehydes is 1. The third-order valence-corrected chi connectivity index (χ3v) is 3.09. The average Bonchev–Trinajstić information content (AvgIpc) is 2.31. The molecule has 0 aromatic carbocycles. The fourth-order valence-electron chi connectivity index (χ4n) is 1.03. The monoisotopic (exact) mass is 246 g/mol. The van der Waals surface area contributed by atoms with E-state index in [0.29, 0.717) is 6.54 Å². The highest BCUT2D eigenvalue weighted by atomic mass is 32.2. The van der Waals surface area contributed by atoms with Crippen LogP contribution in [0.3, 0.4) is 0 Å². The number of amides is 2. The first-order valence-electron chi connectivity index (χ1n) is 4.97. The van der Waals surface area contributed by atoms with Gasteiger partial charge in [-0.1, -0.05) is 0 Å². The molecule has 0 rings (SSSR count). The molecule has 0 saturated carbocycles. The highest BCUT2D eigenvalue weighted by Crippen LogP contribution is 2.09. The lowest BCUT2D eigenvalue weighted by molar-refractivity contribution is -0.131. The van der Waals surface area contributed by atoms with Crippen LogP contribution in [0.4, 0.5) is 0 Å². The van der Waals surface area contributed by atoms with Gasteiger partial charge in [0.1, 0.15) is 6.29 Å². The van der Waals surface area contributed by atoms with E-state index in [-0.39, 0.29) is 29.9 Å². The van der Waals surface area contributed by atoms with Crippen LogP contribution >= 0.6 is 11.8 Å². The Morgan fingerprint density at radius 2 is 2.12 bits per heavy atom. The second kappa shape index (κ2) is 8.15. The van der Waals surface area contributed by atoms with Crippen molar-refractivity contribution in [2.24, 2.45) is 0 Å². The van der Waals surface area contributed by atoms with Crippen molar-refractivity contribution in [2.45, 2.75) is 18.1 Å². The summed E-state index contributed by atoms with van der Waals surface area (Å²) in [5.74, 6) is -0.216. The zero-order valence-corrected chi connectivity index (χ0v) is 10.7. The quantitative estimate of drug-likeness (QED) is 0.637. The van der Waals surface area contributed by atoms with E-state index in [1.54, 1.807) is 20.4 Å². The van der Waals surface area contributed by atoms with Crippen molar-refractivity contribution in [3.63, 3.8) is 0 Å². The second-order valence-electron chi connectivity index (χ2n) is 3.35. The van der Waals surface area contributed by atoms with Crippen molar-refractivity contribution in [3.05, 3.63) is 0 Å². The minimum absolute atomic E-state index is 0.101. The minimum Gasteiger partial charge on any atom is -0.359 e. The summed E-state index contributed by atoms with van der Waals surface area (Å²) < 4.78 is 0. The average molecular weight is 246 g/mol. The van der Waals surface area contributed by atoms with Gasteiger partial charge in [-0.05, 0) is 6.26 Å². The van der Waals surface area contributed by atoms with Crippen LogP contribution < -0.4 is 5.32 Å². The Bertz CT molecular complexity index is 258. The van der Waals surface area contributed by atoms with Gasteiger partial charge in [-0.2, -0.15) is 11.8 Å². The van der Waals surface area contributed by atoms with Gasteiger partial charge in [-0.25, -0.2) is 0 Å². The first kappa shape index (κ1) is 15.0. The van der Waals surface area contributed by atoms with E-state index < -0.39 is 0 Å². The van der Waals surface area contributed by atoms with E-state index in [0.717, 1.165) is 6.29 Å². The molecule has 0 aromatic heterocycles. The van der Waals surface area contributed by atoms with Gasteiger partial charge in [0.2, 0.25) is 11.8 Å². The molecule has 0 aliphatic heterocycles. The lowest BCUT2D eigenvalue weighted by Crippen LogP contribution is -2.33. The zero-order valence-electron chi connectivity index (χ0n) is 9.86. The molecule has 1 N–H and O–H groups in total. The third-order valence-electron chi connectivity index (χ3n) is 2.21. The van der Waals surface area contributed by atoms with Crippen molar-refractivity contribution >= 4 is 29.9 Å². The van der Waals surface area contributed by atoms with Crippen LogP contribution in [0.25, 0.3) is 0 Å². The molecule has 0 aliphatic carbocycles. The summed E-state index contributed by atoms with van der Waals surface area (Å²) in [6, 6.07) is 0. The van der Waals surface area contributed by atoms with Crippen LogP contribution in [-0.2, 0) is 14.4 Å². The molecule has 0 bridgehead atoms. The summed E-state index contributed by atoms with van der Waals surface area (Å²) in [6.07, 6.45) is 3.03. The number of nitrogens with zero attached hydrogens (tertiary/aromatic N) is 1. The summed E-state index contributed by atoms with van der Waals surface area (Å²) in [5.41, 5.74) is 0. The molecule has 0 heterocycles. The van der Waals surface area contributed by atoms with Gasteiger partial charge in [0, 0.05) is 33.5 Å². The SMILES string of the molecule is CNC(=O)CCN(C)C(=O)CC(C=O)SC. The predicted octanol–water partition coefficient (Wildman–Crippen LogP) is -0.0985. The van der Waals surface area contributed by atoms with Crippen molar-refractivity contribution < 1.29 is 14.4 Å². The maximum atomic E-state index is 11.6. The maximum absolute atomic E-state index is 11.6. The topological polar surface area (TPSA) is 66.5 Å². The van der Waals surface area contributed by atoms with Crippen LogP contribution in [-0.4, -0.2) is 55.1 Å². The van der Waals surface area contributed by atoms with Gasteiger partial charge in [0.05, 0.1) is 5.25 Å². The van der Waals surface area contributed by atoms with Gasteiger partial charge in [-0.3, -0.25) is 9.59 Å². The van der Waals surface area contributed by atoms with Crippen molar-refractivity contribution in [2.75, 3.05) is 26.9 Å². The largest absolute Gasteiger partial charge is 0.359 e. The Hall–Kier alpha value is -1.04. The normalized spacial score (nSPS) is 11.7. The van der Waals surface area contributed by atoms with Crippen LogP contribution in [0, 0.1) is 0 Å². The maximum Gasteiger partial charge on any atom is 0.223 e. The van der Waals surface area contributed by atoms with Crippen molar-refractivity contribution in [1.82, 2.24) is 10.2 Å². The number of carbonyl (C=O) groups is 3. The van der Waals surface area contributed by atoms with Crippen LogP contribution in [0.1, 0.15) is 12.8 Å². The summed E-state index contributed by atoms with van der Waals surface area (Å²) in [4.78, 5) is 34.6. The first-order valence-corrected chi connectivity index (χ1v) is 6.26. The Balaban J connectivity index is 3.98. The first-order chi connectivity index (χ1) is 7.54. The molecule has 1 atom stereocenters. The molecule has 0 radical (unpaired) electrons. The molecule has 92 valence electrons. The Morgan fingerprint density at radius 1 is 1.50 bits per heavy atom. The van der Waals surface area contributed by atoms with Crippen LogP contribution in [0.15, 0.2) is 0 Å². The van der Waals surface area contributed by atoms with E-state index >= 15 is 0 Å². The van der Waals surface area contributed by atoms with E-state index in [4.69, 9.17) is 0 Å². The van der Waals surface area contributed by atoms with Gasteiger partial charge < -0.3 is 15.0 Å². The van der Waals surface area contributed by atoms with Gasteiger partial charge in [-0.15, -0.1) is 0 Å². The number of hydrogen-bond acceptors (Lipinski definition) is 4. The van der Waals surface area contributed by atoms with Crippen molar-refractivity contribution in [3.8, 4) is 0 Å². The molecule has 16 heavy (non-hydrogen) atoms. The molecule has 5 nitrogen and oxygen atoms in total. The Kier molecular flexibility index (Phi) is 7.62. The van der Waals surface area contributed by atoms with E-state index in [2.05, 4.69) is 5.32 Å². The number of nitrogens with one attached hydrogen (secondary N) is 1. The lowest BCUT2D eigenvalue weighted by atomic mass is 10.3. The molecule has 0 fully saturated rings. The Morgan fingerprint density at radius 3 is 2.56 bits per heavy atom. The molecule has 6 heteroatoms. The van der Waals surface area contributed by atoms with Crippen LogP contribution in [0.5, 0.6) is 0 Å². The fraction of sp³-hybridized carbons (Fsp3) is 0.700. The second-order valence-corrected chi connectivity index (χ2v) is 4.43. The van der Waals surface area contributed by atoms with Gasteiger partial charge >= 0.3 is 0 Å². The summed E-state index contributed by atoms with van der Waals surface area (Å²) >= 11 is 1.35. The summed E-state index contributed by atoms with van der Waals surface area (Å²) in [7, 11) is 3.19. The third kappa shape index (κ3) is 5.75. The number of rotatable bonds is 7. The molecule has 0 saturated heterocycles. The lowest BCUT2D eigenvalue weighted by Gasteiger charge is -2.17. The van der Waals surface area contributed by atoms with Crippen LogP contribution in [0.2, 0.25) is 0 Å². The smallest absolute Gasteiger partial charge is 0.223 e. The number of thioether (sulfide) groups is 1. The minimum atomic E-state index is -0.296. The standard InChI is InChI=1S/C10H18N2O3S/c1-11-9(14)4-5-12(2)10(15)6-8(7-13)16-3/h7-8H,4-6H2,1-3H3,(H,11,14). The zero-order chi connectivity index (χ0) is 12.6. The predicted molar refractivity (Wildman–Crippen MR) is 64.3 cm³/mol. The van der Waals surface area contributed by atoms with E-state index in [1.165, 1.54) is 16.7 Å². The molecule has 2 amide bonds. The molecule has 0 spiro atoms. The number of hydrogen-bond donors (Lipinski definition) is 1. The highest BCUT2D eigenvalue weighted by molar-refractivity contribution is 7.99. The molecule has 0 aliphatic rings. The van der Waals surface area contributed by atoms with Crippen molar-refractivity contribution in [1.29, 1.82) is 0 Å². The Labute approximate surface area is 99.9 Å². The molecule has 0 aromatic rings. The van der Waals surface area contributed by atoms with E-state index in [1.807, 2.05) is 0 Å². The fourth-order valence-corrected chi connectivity index (χ4v) is 1.45. The summed E-state index contributed by atoms with van der Waals surface area (Å²) in [5, 5.41) is 2.19. The number of carbonyl (C=O) groups excluding carboxylic acids is 3. The van der Waals surface area contributed by atoms with Gasteiger partial charge in [0.15, 0.2) is 0 Å². The highest BCUT2D eigenvalue weighted by Gasteiger charge is 2.15. The molecular weight excluding hydrogens is 228 g/mol. The van der Waals surface area contributed by atoms with E-state index in [9.17, 15) is 14.4 Å². The molecular formula is C10H18N2O3S. The van der Waals surface area contributed by atoms with Gasteiger partial charge in [0.25, 0.3) is 0 Å².